The summed E-state index contributed by atoms with van der Waals surface area (Å²) in [6, 6.07) is 10.9. The molecule has 0 unspecified atom stereocenters. The molecule has 0 radical (unpaired) electrons. The third kappa shape index (κ3) is 3.26. The van der Waals surface area contributed by atoms with Gasteiger partial charge in [-0.15, -0.1) is 0 Å². The Balaban J connectivity index is 2.01. The Bertz CT molecular complexity index is 661. The first-order valence-electron chi connectivity index (χ1n) is 6.24. The van der Waals surface area contributed by atoms with Crippen LogP contribution in [0.4, 0.5) is 0 Å². The van der Waals surface area contributed by atoms with Crippen LogP contribution in [0.25, 0.3) is 0 Å². The van der Waals surface area contributed by atoms with Crippen molar-refractivity contribution in [2.45, 2.75) is 13.3 Å². The first kappa shape index (κ1) is 13.9. The summed E-state index contributed by atoms with van der Waals surface area (Å²) in [6.45, 7) is 1.90. The van der Waals surface area contributed by atoms with Crippen molar-refractivity contribution in [1.82, 2.24) is 5.32 Å². The third-order valence-corrected chi connectivity index (χ3v) is 2.82. The van der Waals surface area contributed by atoms with Gasteiger partial charge in [-0.05, 0) is 18.9 Å². The number of aromatic hydroxyl groups is 1. The molecule has 0 atom stereocenters. The van der Waals surface area contributed by atoms with Crippen LogP contribution in [0.5, 0.6) is 5.75 Å². The largest absolute Gasteiger partial charge is 0.507 e. The monoisotopic (exact) mass is 273 g/mol. The van der Waals surface area contributed by atoms with E-state index < -0.39 is 11.5 Å². The molecule has 1 amide bonds. The molecule has 2 aromatic rings. The lowest BCUT2D eigenvalue weighted by Crippen LogP contribution is -2.30. The van der Waals surface area contributed by atoms with Crippen LogP contribution < -0.4 is 10.9 Å². The van der Waals surface area contributed by atoms with E-state index in [4.69, 9.17) is 4.42 Å². The topological polar surface area (TPSA) is 79.5 Å². The van der Waals surface area contributed by atoms with Crippen LogP contribution in [0, 0.1) is 6.92 Å². The molecule has 104 valence electrons. The van der Waals surface area contributed by atoms with Gasteiger partial charge in [-0.2, -0.15) is 0 Å². The van der Waals surface area contributed by atoms with Gasteiger partial charge in [0.2, 0.25) is 0 Å². The lowest BCUT2D eigenvalue weighted by Gasteiger charge is -2.06. The SMILES string of the molecule is Cc1cc(O)c(C(=O)NCCc2ccccc2)c(=O)o1. The quantitative estimate of drug-likeness (QED) is 0.887. The molecule has 1 aromatic carbocycles. The molecule has 1 aromatic heterocycles. The Morgan fingerprint density at radius 3 is 2.65 bits per heavy atom. The third-order valence-electron chi connectivity index (χ3n) is 2.82. The van der Waals surface area contributed by atoms with Crippen molar-refractivity contribution in [3.63, 3.8) is 0 Å². The highest BCUT2D eigenvalue weighted by molar-refractivity contribution is 5.96. The maximum absolute atomic E-state index is 11.9. The van der Waals surface area contributed by atoms with Gasteiger partial charge in [0.1, 0.15) is 11.5 Å². The molecular formula is C15H15NO4. The molecule has 0 saturated heterocycles. The predicted octanol–water partition coefficient (Wildman–Crippen LogP) is 1.63. The van der Waals surface area contributed by atoms with E-state index >= 15 is 0 Å². The number of carbonyl (C=O) groups excluding carboxylic acids is 1. The van der Waals surface area contributed by atoms with E-state index in [0.717, 1.165) is 5.56 Å². The van der Waals surface area contributed by atoms with Gasteiger partial charge in [0, 0.05) is 12.6 Å². The van der Waals surface area contributed by atoms with Gasteiger partial charge in [0.15, 0.2) is 5.56 Å². The van der Waals surface area contributed by atoms with Gasteiger partial charge >= 0.3 is 5.63 Å². The molecule has 5 nitrogen and oxygen atoms in total. The zero-order valence-electron chi connectivity index (χ0n) is 11.1. The summed E-state index contributed by atoms with van der Waals surface area (Å²) in [5.41, 5.74) is -0.115. The summed E-state index contributed by atoms with van der Waals surface area (Å²) in [5, 5.41) is 12.2. The van der Waals surface area contributed by atoms with Crippen molar-refractivity contribution in [2.75, 3.05) is 6.54 Å². The Hall–Kier alpha value is -2.56. The number of hydrogen-bond donors (Lipinski definition) is 2. The number of amides is 1. The van der Waals surface area contributed by atoms with Gasteiger partial charge < -0.3 is 14.8 Å². The molecular weight excluding hydrogens is 258 g/mol. The molecule has 5 heteroatoms. The van der Waals surface area contributed by atoms with E-state index in [1.807, 2.05) is 30.3 Å². The van der Waals surface area contributed by atoms with E-state index in [1.165, 1.54) is 13.0 Å². The smallest absolute Gasteiger partial charge is 0.352 e. The van der Waals surface area contributed by atoms with E-state index in [-0.39, 0.29) is 17.1 Å². The van der Waals surface area contributed by atoms with Gasteiger partial charge in [-0.1, -0.05) is 30.3 Å². The highest BCUT2D eigenvalue weighted by atomic mass is 16.4. The summed E-state index contributed by atoms with van der Waals surface area (Å²) in [4.78, 5) is 23.4. The van der Waals surface area contributed by atoms with Crippen molar-refractivity contribution in [3.8, 4) is 5.75 Å². The Kier molecular flexibility index (Phi) is 4.20. The standard InChI is InChI=1S/C15H15NO4/c1-10-9-12(17)13(15(19)20-10)14(18)16-8-7-11-5-3-2-4-6-11/h2-6,9,17H,7-8H2,1H3,(H,16,18). The summed E-state index contributed by atoms with van der Waals surface area (Å²) >= 11 is 0. The molecule has 0 aliphatic heterocycles. The van der Waals surface area contributed by atoms with Crippen molar-refractivity contribution in [3.05, 3.63) is 63.7 Å². The zero-order valence-corrected chi connectivity index (χ0v) is 11.1. The Morgan fingerprint density at radius 2 is 2.00 bits per heavy atom. The van der Waals surface area contributed by atoms with Crippen LogP contribution in [-0.4, -0.2) is 17.6 Å². The fraction of sp³-hybridized carbons (Fsp3) is 0.200. The van der Waals surface area contributed by atoms with Crippen LogP contribution in [0.15, 0.2) is 45.6 Å². The molecule has 0 bridgehead atoms. The lowest BCUT2D eigenvalue weighted by atomic mass is 10.1. The minimum absolute atomic E-state index is 0.258. The van der Waals surface area contributed by atoms with Crippen LogP contribution in [0.1, 0.15) is 21.7 Å². The minimum atomic E-state index is -0.834. The average Bonchev–Trinajstić information content (AvgIpc) is 2.38. The molecule has 0 aliphatic rings. The second-order valence-electron chi connectivity index (χ2n) is 4.40. The maximum Gasteiger partial charge on any atom is 0.352 e. The number of nitrogens with one attached hydrogen (secondary N) is 1. The number of hydrogen-bond acceptors (Lipinski definition) is 4. The molecule has 0 spiro atoms. The molecule has 2 N–H and O–H groups in total. The van der Waals surface area contributed by atoms with Crippen LogP contribution in [0.2, 0.25) is 0 Å². The van der Waals surface area contributed by atoms with Crippen LogP contribution in [0.3, 0.4) is 0 Å². The first-order chi connectivity index (χ1) is 9.58. The second kappa shape index (κ2) is 6.06. The van der Waals surface area contributed by atoms with E-state index in [2.05, 4.69) is 5.32 Å². The van der Waals surface area contributed by atoms with Crippen molar-refractivity contribution in [1.29, 1.82) is 0 Å². The second-order valence-corrected chi connectivity index (χ2v) is 4.40. The molecule has 20 heavy (non-hydrogen) atoms. The van der Waals surface area contributed by atoms with Gasteiger partial charge in [0.25, 0.3) is 5.91 Å². The summed E-state index contributed by atoms with van der Waals surface area (Å²) < 4.78 is 4.80. The normalized spacial score (nSPS) is 10.2. The van der Waals surface area contributed by atoms with Crippen LogP contribution >= 0.6 is 0 Å². The van der Waals surface area contributed by atoms with Gasteiger partial charge in [-0.25, -0.2) is 4.79 Å². The van der Waals surface area contributed by atoms with Crippen molar-refractivity contribution >= 4 is 5.91 Å². The summed E-state index contributed by atoms with van der Waals surface area (Å²) in [5.74, 6) is -0.739. The van der Waals surface area contributed by atoms with E-state index in [0.29, 0.717) is 13.0 Å². The Labute approximate surface area is 115 Å². The number of rotatable bonds is 4. The molecule has 0 aliphatic carbocycles. The van der Waals surface area contributed by atoms with Crippen molar-refractivity contribution in [2.24, 2.45) is 0 Å². The van der Waals surface area contributed by atoms with Crippen LogP contribution in [-0.2, 0) is 6.42 Å². The highest BCUT2D eigenvalue weighted by Crippen LogP contribution is 2.14. The molecule has 0 saturated carbocycles. The number of aryl methyl sites for hydroxylation is 1. The van der Waals surface area contributed by atoms with Gasteiger partial charge in [0.05, 0.1) is 0 Å². The molecule has 2 rings (SSSR count). The zero-order chi connectivity index (χ0) is 14.5. The van der Waals surface area contributed by atoms with Crippen molar-refractivity contribution < 1.29 is 14.3 Å². The van der Waals surface area contributed by atoms with E-state index in [1.54, 1.807) is 0 Å². The van der Waals surface area contributed by atoms with Gasteiger partial charge in [-0.3, -0.25) is 4.79 Å². The predicted molar refractivity (Wildman–Crippen MR) is 73.9 cm³/mol. The average molecular weight is 273 g/mol. The fourth-order valence-corrected chi connectivity index (χ4v) is 1.86. The fourth-order valence-electron chi connectivity index (χ4n) is 1.86. The number of benzene rings is 1. The maximum atomic E-state index is 11.9. The highest BCUT2D eigenvalue weighted by Gasteiger charge is 2.17. The Morgan fingerprint density at radius 1 is 1.30 bits per heavy atom. The number of carbonyl (C=O) groups is 1. The lowest BCUT2D eigenvalue weighted by molar-refractivity contribution is 0.0947. The summed E-state index contributed by atoms with van der Waals surface area (Å²) in [6.07, 6.45) is 0.643. The molecule has 1 heterocycles. The summed E-state index contributed by atoms with van der Waals surface area (Å²) in [7, 11) is 0. The first-order valence-corrected chi connectivity index (χ1v) is 6.24. The van der Waals surface area contributed by atoms with E-state index in [9.17, 15) is 14.7 Å². The molecule has 0 fully saturated rings. The minimum Gasteiger partial charge on any atom is -0.507 e.